The molecule has 0 aromatic heterocycles. The van der Waals surface area contributed by atoms with Crippen molar-refractivity contribution in [3.05, 3.63) is 0 Å². The van der Waals surface area contributed by atoms with Gasteiger partial charge in [-0.3, -0.25) is 4.79 Å². The predicted molar refractivity (Wildman–Crippen MR) is 182 cm³/mol. The van der Waals surface area contributed by atoms with Crippen molar-refractivity contribution in [2.24, 2.45) is 0 Å². The minimum Gasteiger partial charge on any atom is -0.394 e. The van der Waals surface area contributed by atoms with Gasteiger partial charge in [0.25, 0.3) is 0 Å². The lowest BCUT2D eigenvalue weighted by molar-refractivity contribution is -0.132. The van der Waals surface area contributed by atoms with E-state index in [1.807, 2.05) is 0 Å². The highest BCUT2D eigenvalue weighted by Crippen LogP contribution is 2.16. The molecule has 0 radical (unpaired) electrons. The van der Waals surface area contributed by atoms with Gasteiger partial charge in [0, 0.05) is 0 Å². The molecule has 0 aliphatic rings. The number of unbranched alkanes of at least 4 members (excludes halogenated alkanes) is 25. The lowest BCUT2D eigenvalue weighted by Gasteiger charge is -2.27. The van der Waals surface area contributed by atoms with Crippen LogP contribution in [0.2, 0.25) is 0 Å². The molecule has 0 saturated heterocycles. The fourth-order valence-electron chi connectivity index (χ4n) is 5.99. The summed E-state index contributed by atoms with van der Waals surface area (Å²) < 4.78 is 0. The Balaban J connectivity index is 3.75. The molecule has 0 unspecified atom stereocenters. The Hall–Kier alpha value is -0.690. The highest BCUT2D eigenvalue weighted by atomic mass is 16.3. The van der Waals surface area contributed by atoms with Gasteiger partial charge in [0.05, 0.1) is 18.8 Å². The predicted octanol–water partition coefficient (Wildman–Crippen LogP) is 8.90. The molecule has 0 bridgehead atoms. The van der Waals surface area contributed by atoms with Crippen LogP contribution in [0.1, 0.15) is 200 Å². The Labute approximate surface area is 267 Å². The SMILES string of the molecule is CCCCCCCCCCCCCCCCCCC[C@@H](O)[C@@H](O)[C@H](CO)NC(=O)[C@H](O)CCCCCCCCCCCC. The fourth-order valence-corrected chi connectivity index (χ4v) is 5.99. The Kier molecular flexibility index (Phi) is 32.2. The second-order valence-electron chi connectivity index (χ2n) is 13.3. The van der Waals surface area contributed by atoms with E-state index in [1.165, 1.54) is 135 Å². The van der Waals surface area contributed by atoms with Crippen molar-refractivity contribution < 1.29 is 25.2 Å². The van der Waals surface area contributed by atoms with Crippen molar-refractivity contribution in [3.8, 4) is 0 Å². The van der Waals surface area contributed by atoms with Gasteiger partial charge in [0.2, 0.25) is 5.91 Å². The van der Waals surface area contributed by atoms with Crippen molar-refractivity contribution in [1.29, 1.82) is 0 Å². The molecule has 0 aromatic rings. The average Bonchev–Trinajstić information content (AvgIpc) is 3.01. The molecule has 0 heterocycles. The first-order valence-electron chi connectivity index (χ1n) is 18.9. The molecule has 1 amide bonds. The molecule has 258 valence electrons. The quantitative estimate of drug-likeness (QED) is 0.0466. The number of hydrogen-bond acceptors (Lipinski definition) is 5. The van der Waals surface area contributed by atoms with Gasteiger partial charge in [-0.1, -0.05) is 187 Å². The molecule has 6 nitrogen and oxygen atoms in total. The Morgan fingerprint density at radius 1 is 0.488 bits per heavy atom. The van der Waals surface area contributed by atoms with Crippen LogP contribution in [0, 0.1) is 0 Å². The van der Waals surface area contributed by atoms with Gasteiger partial charge in [-0.25, -0.2) is 0 Å². The molecular weight excluding hydrogens is 538 g/mol. The number of carbonyl (C=O) groups is 1. The largest absolute Gasteiger partial charge is 0.394 e. The van der Waals surface area contributed by atoms with Crippen LogP contribution in [0.15, 0.2) is 0 Å². The van der Waals surface area contributed by atoms with Gasteiger partial charge in [0.15, 0.2) is 0 Å². The zero-order valence-corrected chi connectivity index (χ0v) is 28.7. The van der Waals surface area contributed by atoms with Crippen molar-refractivity contribution in [1.82, 2.24) is 5.32 Å². The van der Waals surface area contributed by atoms with Crippen molar-refractivity contribution in [2.45, 2.75) is 224 Å². The monoisotopic (exact) mass is 614 g/mol. The number of nitrogens with one attached hydrogen (secondary N) is 1. The molecule has 0 spiro atoms. The molecule has 6 heteroatoms. The maximum atomic E-state index is 12.4. The van der Waals surface area contributed by atoms with Gasteiger partial charge in [0.1, 0.15) is 12.2 Å². The smallest absolute Gasteiger partial charge is 0.249 e. The van der Waals surface area contributed by atoms with Crippen LogP contribution in [0.3, 0.4) is 0 Å². The van der Waals surface area contributed by atoms with Gasteiger partial charge in [-0.15, -0.1) is 0 Å². The number of carbonyl (C=O) groups excluding carboxylic acids is 1. The summed E-state index contributed by atoms with van der Waals surface area (Å²) in [5.74, 6) is -0.584. The Morgan fingerprint density at radius 2 is 0.791 bits per heavy atom. The fraction of sp³-hybridized carbons (Fsp3) is 0.973. The molecule has 5 N–H and O–H groups in total. The van der Waals surface area contributed by atoms with Crippen LogP contribution in [-0.2, 0) is 4.79 Å². The summed E-state index contributed by atoms with van der Waals surface area (Å²) in [6.07, 6.45) is 31.3. The van der Waals surface area contributed by atoms with E-state index in [0.717, 1.165) is 38.5 Å². The van der Waals surface area contributed by atoms with Crippen molar-refractivity contribution >= 4 is 5.91 Å². The summed E-state index contributed by atoms with van der Waals surface area (Å²) in [6.45, 7) is 4.02. The van der Waals surface area contributed by atoms with Gasteiger partial charge >= 0.3 is 0 Å². The third-order valence-corrected chi connectivity index (χ3v) is 9.07. The standard InChI is InChI=1S/C37H75NO5/c1-3-5-7-9-11-13-15-16-17-18-19-20-21-23-24-26-28-30-34(40)36(42)33(32-39)38-37(43)35(41)31-29-27-25-22-14-12-10-8-6-4-2/h33-36,39-42H,3-32H2,1-2H3,(H,38,43)/t33-,34+,35+,36-/m0/s1. The molecule has 43 heavy (non-hydrogen) atoms. The highest BCUT2D eigenvalue weighted by molar-refractivity contribution is 5.80. The topological polar surface area (TPSA) is 110 Å². The maximum absolute atomic E-state index is 12.4. The minimum absolute atomic E-state index is 0.373. The second kappa shape index (κ2) is 32.7. The first-order chi connectivity index (χ1) is 21.0. The van der Waals surface area contributed by atoms with Crippen molar-refractivity contribution in [2.75, 3.05) is 6.61 Å². The van der Waals surface area contributed by atoms with E-state index in [0.29, 0.717) is 12.8 Å². The first-order valence-corrected chi connectivity index (χ1v) is 18.9. The van der Waals surface area contributed by atoms with E-state index in [4.69, 9.17) is 0 Å². The molecule has 0 aromatic carbocycles. The van der Waals surface area contributed by atoms with E-state index >= 15 is 0 Å². The third-order valence-electron chi connectivity index (χ3n) is 9.07. The molecule has 4 atom stereocenters. The van der Waals surface area contributed by atoms with Gasteiger partial charge in [-0.2, -0.15) is 0 Å². The van der Waals surface area contributed by atoms with Crippen molar-refractivity contribution in [3.63, 3.8) is 0 Å². The molecule has 0 aliphatic carbocycles. The van der Waals surface area contributed by atoms with Crippen LogP contribution >= 0.6 is 0 Å². The zero-order chi connectivity index (χ0) is 31.8. The minimum atomic E-state index is -1.25. The van der Waals surface area contributed by atoms with E-state index in [1.54, 1.807) is 0 Å². The maximum Gasteiger partial charge on any atom is 0.249 e. The van der Waals surface area contributed by atoms with E-state index in [2.05, 4.69) is 19.2 Å². The van der Waals surface area contributed by atoms with Crippen LogP contribution < -0.4 is 5.32 Å². The number of rotatable bonds is 34. The number of amides is 1. The van der Waals surface area contributed by atoms with Gasteiger partial charge < -0.3 is 25.7 Å². The van der Waals surface area contributed by atoms with Gasteiger partial charge in [-0.05, 0) is 12.8 Å². The number of hydrogen-bond donors (Lipinski definition) is 5. The van der Waals surface area contributed by atoms with E-state index in [-0.39, 0.29) is 0 Å². The number of aliphatic hydroxyl groups excluding tert-OH is 4. The molecular formula is C37H75NO5. The second-order valence-corrected chi connectivity index (χ2v) is 13.3. The highest BCUT2D eigenvalue weighted by Gasteiger charge is 2.28. The summed E-state index contributed by atoms with van der Waals surface area (Å²) >= 11 is 0. The van der Waals surface area contributed by atoms with Crippen LogP contribution in [0.5, 0.6) is 0 Å². The lowest BCUT2D eigenvalue weighted by atomic mass is 9.99. The van der Waals surface area contributed by atoms with E-state index < -0.39 is 36.9 Å². The van der Waals surface area contributed by atoms with E-state index in [9.17, 15) is 25.2 Å². The summed E-state index contributed by atoms with van der Waals surface area (Å²) in [6, 6.07) is -0.976. The van der Waals surface area contributed by atoms with Crippen LogP contribution in [0.4, 0.5) is 0 Å². The molecule has 0 aliphatic heterocycles. The van der Waals surface area contributed by atoms with Crippen LogP contribution in [-0.4, -0.2) is 57.3 Å². The van der Waals surface area contributed by atoms with Crippen LogP contribution in [0.25, 0.3) is 0 Å². The summed E-state index contributed by atoms with van der Waals surface area (Å²) in [5, 5.41) is 43.4. The summed E-state index contributed by atoms with van der Waals surface area (Å²) in [4.78, 5) is 12.4. The first kappa shape index (κ1) is 42.3. The average molecular weight is 614 g/mol. The molecule has 0 rings (SSSR count). The molecule has 0 saturated carbocycles. The summed E-state index contributed by atoms with van der Waals surface area (Å²) in [5.41, 5.74) is 0. The Morgan fingerprint density at radius 3 is 1.12 bits per heavy atom. The normalized spacial score (nSPS) is 14.5. The Bertz CT molecular complexity index is 575. The lowest BCUT2D eigenvalue weighted by Crippen LogP contribution is -2.53. The number of aliphatic hydroxyl groups is 4. The zero-order valence-electron chi connectivity index (χ0n) is 28.7. The summed E-state index contributed by atoms with van der Waals surface area (Å²) in [7, 11) is 0. The third kappa shape index (κ3) is 27.4. The molecule has 0 fully saturated rings.